The molecule has 2 nitrogen and oxygen atoms in total. The van der Waals surface area contributed by atoms with Gasteiger partial charge in [0.05, 0.1) is 4.83 Å². The van der Waals surface area contributed by atoms with Gasteiger partial charge in [-0.05, 0) is 30.9 Å². The Morgan fingerprint density at radius 1 is 1.36 bits per heavy atom. The van der Waals surface area contributed by atoms with E-state index in [0.29, 0.717) is 5.92 Å². The Kier molecular flexibility index (Phi) is 2.87. The highest BCUT2D eigenvalue weighted by atomic mass is 79.9. The maximum absolute atomic E-state index is 11.6. The molecule has 74 valence electrons. The molecule has 3 heteroatoms. The quantitative estimate of drug-likeness (QED) is 0.825. The number of amides is 1. The van der Waals surface area contributed by atoms with Crippen LogP contribution in [0.3, 0.4) is 0 Å². The summed E-state index contributed by atoms with van der Waals surface area (Å²) in [6.45, 7) is 0. The van der Waals surface area contributed by atoms with Gasteiger partial charge in [0.2, 0.25) is 5.91 Å². The molecule has 2 rings (SSSR count). The summed E-state index contributed by atoms with van der Waals surface area (Å²) >= 11 is 3.42. The molecule has 1 unspecified atom stereocenters. The lowest BCUT2D eigenvalue weighted by molar-refractivity contribution is -0.115. The second-order valence-corrected chi connectivity index (χ2v) is 4.58. The van der Waals surface area contributed by atoms with Gasteiger partial charge in [-0.1, -0.05) is 34.1 Å². The number of carbonyl (C=O) groups excluding carboxylic acids is 1. The van der Waals surface area contributed by atoms with Crippen LogP contribution in [0.25, 0.3) is 0 Å². The number of hydrogen-bond acceptors (Lipinski definition) is 1. The Hall–Kier alpha value is -0.830. The highest BCUT2D eigenvalue weighted by Gasteiger charge is 2.34. The van der Waals surface area contributed by atoms with Crippen molar-refractivity contribution in [2.45, 2.75) is 17.7 Å². The van der Waals surface area contributed by atoms with Gasteiger partial charge >= 0.3 is 0 Å². The Morgan fingerprint density at radius 2 is 2.00 bits per heavy atom. The predicted octanol–water partition coefficient (Wildman–Crippen LogP) is 2.80. The van der Waals surface area contributed by atoms with Crippen molar-refractivity contribution in [1.29, 1.82) is 0 Å². The van der Waals surface area contributed by atoms with Crippen LogP contribution in [0.15, 0.2) is 30.3 Å². The first-order chi connectivity index (χ1) is 6.77. The van der Waals surface area contributed by atoms with E-state index in [1.54, 1.807) is 0 Å². The molecule has 1 aliphatic rings. The van der Waals surface area contributed by atoms with Gasteiger partial charge in [-0.15, -0.1) is 0 Å². The number of rotatable bonds is 3. The third-order valence-corrected chi connectivity index (χ3v) is 3.49. The summed E-state index contributed by atoms with van der Waals surface area (Å²) in [4.78, 5) is 11.6. The van der Waals surface area contributed by atoms with Crippen molar-refractivity contribution in [1.82, 2.24) is 0 Å². The average molecular weight is 254 g/mol. The third kappa shape index (κ3) is 2.35. The SMILES string of the molecule is O=C(Nc1ccccc1)C(Br)C1CC1. The van der Waals surface area contributed by atoms with E-state index in [4.69, 9.17) is 0 Å². The van der Waals surface area contributed by atoms with Crippen molar-refractivity contribution in [3.63, 3.8) is 0 Å². The monoisotopic (exact) mass is 253 g/mol. The van der Waals surface area contributed by atoms with Crippen molar-refractivity contribution in [3.8, 4) is 0 Å². The molecule has 0 saturated heterocycles. The number of hydrogen-bond donors (Lipinski definition) is 1. The highest BCUT2D eigenvalue weighted by molar-refractivity contribution is 9.10. The molecule has 1 fully saturated rings. The molecule has 0 radical (unpaired) electrons. The standard InChI is InChI=1S/C11H12BrNO/c12-10(8-6-7-8)11(14)13-9-4-2-1-3-5-9/h1-5,8,10H,6-7H2,(H,13,14). The van der Waals surface area contributed by atoms with Crippen molar-refractivity contribution in [2.75, 3.05) is 5.32 Å². The minimum atomic E-state index is -0.0253. The number of para-hydroxylation sites is 1. The van der Waals surface area contributed by atoms with Gasteiger partial charge < -0.3 is 5.32 Å². The second-order valence-electron chi connectivity index (χ2n) is 3.59. The molecule has 1 amide bonds. The smallest absolute Gasteiger partial charge is 0.238 e. The van der Waals surface area contributed by atoms with E-state index in [-0.39, 0.29) is 10.7 Å². The molecule has 1 N–H and O–H groups in total. The summed E-state index contributed by atoms with van der Waals surface area (Å²) in [6.07, 6.45) is 2.33. The minimum absolute atomic E-state index is 0.0253. The summed E-state index contributed by atoms with van der Waals surface area (Å²) < 4.78 is 0. The van der Waals surface area contributed by atoms with E-state index < -0.39 is 0 Å². The zero-order valence-corrected chi connectivity index (χ0v) is 9.33. The van der Waals surface area contributed by atoms with Gasteiger partial charge in [-0.3, -0.25) is 4.79 Å². The number of nitrogens with one attached hydrogen (secondary N) is 1. The van der Waals surface area contributed by atoms with E-state index in [9.17, 15) is 4.79 Å². The molecule has 14 heavy (non-hydrogen) atoms. The van der Waals surface area contributed by atoms with Crippen molar-refractivity contribution in [3.05, 3.63) is 30.3 Å². The van der Waals surface area contributed by atoms with Crippen LogP contribution in [0.2, 0.25) is 0 Å². The van der Waals surface area contributed by atoms with Gasteiger partial charge in [0.1, 0.15) is 0 Å². The number of anilines is 1. The third-order valence-electron chi connectivity index (χ3n) is 2.33. The van der Waals surface area contributed by atoms with Gasteiger partial charge in [-0.25, -0.2) is 0 Å². The molecule has 0 aliphatic heterocycles. The maximum atomic E-state index is 11.6. The molecule has 0 spiro atoms. The van der Waals surface area contributed by atoms with E-state index in [1.807, 2.05) is 30.3 Å². The molecule has 0 aromatic heterocycles. The molecule has 1 aromatic carbocycles. The zero-order valence-electron chi connectivity index (χ0n) is 7.74. The molecule has 0 heterocycles. The molecule has 1 atom stereocenters. The summed E-state index contributed by atoms with van der Waals surface area (Å²) in [5, 5.41) is 2.88. The van der Waals surface area contributed by atoms with Crippen LogP contribution in [0.4, 0.5) is 5.69 Å². The van der Waals surface area contributed by atoms with Crippen LogP contribution < -0.4 is 5.32 Å². The minimum Gasteiger partial charge on any atom is -0.325 e. The number of halogens is 1. The van der Waals surface area contributed by atoms with Crippen molar-refractivity contribution in [2.24, 2.45) is 5.92 Å². The van der Waals surface area contributed by atoms with E-state index in [1.165, 1.54) is 0 Å². The van der Waals surface area contributed by atoms with E-state index in [2.05, 4.69) is 21.2 Å². The van der Waals surface area contributed by atoms with Gasteiger partial charge in [-0.2, -0.15) is 0 Å². The summed E-state index contributed by atoms with van der Waals surface area (Å²) in [6, 6.07) is 9.54. The molecule has 1 aromatic rings. The highest BCUT2D eigenvalue weighted by Crippen LogP contribution is 2.37. The fraction of sp³-hybridized carbons (Fsp3) is 0.364. The lowest BCUT2D eigenvalue weighted by Crippen LogP contribution is -2.24. The number of benzene rings is 1. The van der Waals surface area contributed by atoms with Gasteiger partial charge in [0.15, 0.2) is 0 Å². The summed E-state index contributed by atoms with van der Waals surface area (Å²) in [5.74, 6) is 0.609. The van der Waals surface area contributed by atoms with Gasteiger partial charge in [0.25, 0.3) is 0 Å². The first-order valence-electron chi connectivity index (χ1n) is 4.77. The topological polar surface area (TPSA) is 29.1 Å². The van der Waals surface area contributed by atoms with Crippen LogP contribution >= 0.6 is 15.9 Å². The average Bonchev–Trinajstić information content (AvgIpc) is 3.01. The normalized spacial score (nSPS) is 17.5. The molecule has 0 bridgehead atoms. The first kappa shape index (κ1) is 9.71. The fourth-order valence-electron chi connectivity index (χ4n) is 1.34. The predicted molar refractivity (Wildman–Crippen MR) is 60.5 cm³/mol. The molecule has 1 saturated carbocycles. The largest absolute Gasteiger partial charge is 0.325 e. The lowest BCUT2D eigenvalue weighted by atomic mass is 10.2. The maximum Gasteiger partial charge on any atom is 0.238 e. The first-order valence-corrected chi connectivity index (χ1v) is 5.69. The van der Waals surface area contributed by atoms with Crippen molar-refractivity contribution < 1.29 is 4.79 Å². The summed E-state index contributed by atoms with van der Waals surface area (Å²) in [5.41, 5.74) is 0.864. The van der Waals surface area contributed by atoms with E-state index in [0.717, 1.165) is 18.5 Å². The fourth-order valence-corrected chi connectivity index (χ4v) is 1.98. The Balaban J connectivity index is 1.94. The molecule has 1 aliphatic carbocycles. The Labute approximate surface area is 91.8 Å². The zero-order chi connectivity index (χ0) is 9.97. The number of carbonyl (C=O) groups is 1. The molecular weight excluding hydrogens is 242 g/mol. The van der Waals surface area contributed by atoms with E-state index >= 15 is 0 Å². The summed E-state index contributed by atoms with van der Waals surface area (Å²) in [7, 11) is 0. The lowest BCUT2D eigenvalue weighted by Gasteiger charge is -2.09. The Morgan fingerprint density at radius 3 is 2.57 bits per heavy atom. The number of alkyl halides is 1. The van der Waals surface area contributed by atoms with Crippen LogP contribution in [-0.4, -0.2) is 10.7 Å². The van der Waals surface area contributed by atoms with Crippen LogP contribution in [-0.2, 0) is 4.79 Å². The molecular formula is C11H12BrNO. The van der Waals surface area contributed by atoms with Crippen LogP contribution in [0.5, 0.6) is 0 Å². The van der Waals surface area contributed by atoms with Crippen LogP contribution in [0.1, 0.15) is 12.8 Å². The van der Waals surface area contributed by atoms with Crippen molar-refractivity contribution >= 4 is 27.5 Å². The van der Waals surface area contributed by atoms with Gasteiger partial charge in [0, 0.05) is 5.69 Å². The van der Waals surface area contributed by atoms with Crippen LogP contribution in [0, 0.1) is 5.92 Å². The second kappa shape index (κ2) is 4.13. The Bertz CT molecular complexity index is 321.